The van der Waals surface area contributed by atoms with Crippen molar-refractivity contribution in [2.45, 2.75) is 51.4 Å². The molecule has 1 aromatic heterocycles. The van der Waals surface area contributed by atoms with E-state index in [1.807, 2.05) is 30.3 Å². The maximum atomic E-state index is 13.5. The van der Waals surface area contributed by atoms with Gasteiger partial charge in [-0.2, -0.15) is 13.2 Å². The summed E-state index contributed by atoms with van der Waals surface area (Å²) in [5.74, 6) is -0.171. The maximum Gasteiger partial charge on any atom is 0.418 e. The summed E-state index contributed by atoms with van der Waals surface area (Å²) in [6, 6.07) is 10.6. The second-order valence-electron chi connectivity index (χ2n) is 7.89. The minimum absolute atomic E-state index is 0.171. The van der Waals surface area contributed by atoms with Crippen LogP contribution in [0.1, 0.15) is 47.7 Å². The highest BCUT2D eigenvalue weighted by atomic mass is 19.4. The Morgan fingerprint density at radius 3 is 2.65 bits per heavy atom. The van der Waals surface area contributed by atoms with Crippen LogP contribution in [0.5, 0.6) is 0 Å². The Morgan fingerprint density at radius 2 is 1.97 bits per heavy atom. The van der Waals surface area contributed by atoms with Gasteiger partial charge >= 0.3 is 12.3 Å². The molecular weight excluding hydrogens is 409 g/mol. The molecule has 1 aromatic carbocycles. The Hall–Kier alpha value is -2.48. The predicted octanol–water partition coefficient (Wildman–Crippen LogP) is 5.37. The van der Waals surface area contributed by atoms with E-state index in [1.54, 1.807) is 16.6 Å². The predicted molar refractivity (Wildman–Crippen MR) is 111 cm³/mol. The fourth-order valence-corrected chi connectivity index (χ4v) is 4.15. The standard InChI is InChI=1S/C23H29F3N2O3/c1-17-20(23(24,25)26)14-21(28(17)12-7-13-30-2)19-10-6-11-27(15-19)22(29)31-16-18-8-4-3-5-9-18/h3-5,8-9,14,19H,6-7,10-13,15-16H2,1-2H3. The van der Waals surface area contributed by atoms with Crippen LogP contribution >= 0.6 is 0 Å². The first-order valence-electron chi connectivity index (χ1n) is 10.5. The molecule has 1 aliphatic heterocycles. The average Bonchev–Trinajstić information content (AvgIpc) is 3.10. The van der Waals surface area contributed by atoms with Crippen LogP contribution in [-0.2, 0) is 28.8 Å². The molecular formula is C23H29F3N2O3. The van der Waals surface area contributed by atoms with Crippen LogP contribution in [-0.4, -0.2) is 42.4 Å². The van der Waals surface area contributed by atoms with E-state index in [1.165, 1.54) is 13.0 Å². The van der Waals surface area contributed by atoms with Crippen molar-refractivity contribution in [3.63, 3.8) is 0 Å². The van der Waals surface area contributed by atoms with Crippen LogP contribution in [0.15, 0.2) is 36.4 Å². The van der Waals surface area contributed by atoms with E-state index in [0.29, 0.717) is 38.4 Å². The summed E-state index contributed by atoms with van der Waals surface area (Å²) in [6.45, 7) is 3.48. The van der Waals surface area contributed by atoms with Crippen LogP contribution < -0.4 is 0 Å². The number of halogens is 3. The van der Waals surface area contributed by atoms with Gasteiger partial charge in [-0.3, -0.25) is 0 Å². The summed E-state index contributed by atoms with van der Waals surface area (Å²) in [5, 5.41) is 0. The first-order valence-corrected chi connectivity index (χ1v) is 10.5. The van der Waals surface area contributed by atoms with Gasteiger partial charge in [0, 0.05) is 50.7 Å². The highest BCUT2D eigenvalue weighted by Crippen LogP contribution is 2.38. The second-order valence-corrected chi connectivity index (χ2v) is 7.89. The number of likely N-dealkylation sites (tertiary alicyclic amines) is 1. The van der Waals surface area contributed by atoms with Gasteiger partial charge in [0.05, 0.1) is 5.56 Å². The van der Waals surface area contributed by atoms with Crippen LogP contribution in [0, 0.1) is 6.92 Å². The lowest BCUT2D eigenvalue weighted by atomic mass is 9.94. The summed E-state index contributed by atoms with van der Waals surface area (Å²) >= 11 is 0. The first kappa shape index (κ1) is 23.2. The summed E-state index contributed by atoms with van der Waals surface area (Å²) in [4.78, 5) is 14.2. The van der Waals surface area contributed by atoms with Crippen molar-refractivity contribution in [1.29, 1.82) is 0 Å². The number of alkyl halides is 3. The van der Waals surface area contributed by atoms with Gasteiger partial charge in [0.2, 0.25) is 0 Å². The number of ether oxygens (including phenoxy) is 2. The van der Waals surface area contributed by atoms with Gasteiger partial charge in [0.15, 0.2) is 0 Å². The maximum absolute atomic E-state index is 13.5. The lowest BCUT2D eigenvalue weighted by Gasteiger charge is -2.33. The summed E-state index contributed by atoms with van der Waals surface area (Å²) < 4.78 is 52.9. The lowest BCUT2D eigenvalue weighted by molar-refractivity contribution is -0.138. The minimum Gasteiger partial charge on any atom is -0.445 e. The molecule has 8 heteroatoms. The smallest absolute Gasteiger partial charge is 0.418 e. The SMILES string of the molecule is COCCCn1c(C2CCCN(C(=O)OCc3ccccc3)C2)cc(C(F)(F)F)c1C. The molecule has 0 bridgehead atoms. The summed E-state index contributed by atoms with van der Waals surface area (Å²) in [5.41, 5.74) is 1.12. The number of amides is 1. The second kappa shape index (κ2) is 10.2. The van der Waals surface area contributed by atoms with Gasteiger partial charge in [-0.05, 0) is 37.8 Å². The van der Waals surface area contributed by atoms with Crippen LogP contribution in [0.2, 0.25) is 0 Å². The molecule has 170 valence electrons. The molecule has 2 aromatic rings. The summed E-state index contributed by atoms with van der Waals surface area (Å²) in [6.07, 6.45) is -2.78. The Balaban J connectivity index is 1.74. The van der Waals surface area contributed by atoms with Crippen molar-refractivity contribution in [3.05, 3.63) is 58.9 Å². The van der Waals surface area contributed by atoms with Crippen molar-refractivity contribution in [2.24, 2.45) is 0 Å². The Bertz CT molecular complexity index is 865. The van der Waals surface area contributed by atoms with Crippen LogP contribution in [0.3, 0.4) is 0 Å². The number of rotatable bonds is 7. The Kier molecular flexibility index (Phi) is 7.64. The molecule has 1 fully saturated rings. The van der Waals surface area contributed by atoms with Gasteiger partial charge in [0.25, 0.3) is 0 Å². The molecule has 0 saturated carbocycles. The van der Waals surface area contributed by atoms with Crippen LogP contribution in [0.25, 0.3) is 0 Å². The molecule has 1 saturated heterocycles. The Labute approximate surface area is 180 Å². The number of methoxy groups -OCH3 is 1. The quantitative estimate of drug-likeness (QED) is 0.546. The van der Waals surface area contributed by atoms with E-state index in [-0.39, 0.29) is 18.2 Å². The molecule has 0 aliphatic carbocycles. The molecule has 2 heterocycles. The lowest BCUT2D eigenvalue weighted by Crippen LogP contribution is -2.39. The molecule has 31 heavy (non-hydrogen) atoms. The number of nitrogens with zero attached hydrogens (tertiary/aromatic N) is 2. The highest BCUT2D eigenvalue weighted by molar-refractivity contribution is 5.68. The molecule has 0 spiro atoms. The van der Waals surface area contributed by atoms with E-state index in [9.17, 15) is 18.0 Å². The van der Waals surface area contributed by atoms with E-state index >= 15 is 0 Å². The zero-order valence-corrected chi connectivity index (χ0v) is 18.0. The van der Waals surface area contributed by atoms with Crippen molar-refractivity contribution in [2.75, 3.05) is 26.8 Å². The van der Waals surface area contributed by atoms with E-state index in [0.717, 1.165) is 18.4 Å². The molecule has 1 amide bonds. The largest absolute Gasteiger partial charge is 0.445 e. The first-order chi connectivity index (χ1) is 14.8. The summed E-state index contributed by atoms with van der Waals surface area (Å²) in [7, 11) is 1.57. The van der Waals surface area contributed by atoms with Crippen molar-refractivity contribution in [3.8, 4) is 0 Å². The number of benzene rings is 1. The number of piperidine rings is 1. The van der Waals surface area contributed by atoms with Gasteiger partial charge < -0.3 is 18.9 Å². The number of hydrogen-bond donors (Lipinski definition) is 0. The molecule has 5 nitrogen and oxygen atoms in total. The van der Waals surface area contributed by atoms with E-state index in [4.69, 9.17) is 9.47 Å². The molecule has 0 radical (unpaired) electrons. The van der Waals surface area contributed by atoms with E-state index in [2.05, 4.69) is 0 Å². The monoisotopic (exact) mass is 438 g/mol. The fourth-order valence-electron chi connectivity index (χ4n) is 4.15. The number of hydrogen-bond acceptors (Lipinski definition) is 3. The van der Waals surface area contributed by atoms with Gasteiger partial charge in [0.1, 0.15) is 6.61 Å². The van der Waals surface area contributed by atoms with Gasteiger partial charge in [-0.15, -0.1) is 0 Å². The topological polar surface area (TPSA) is 43.7 Å². The average molecular weight is 438 g/mol. The molecule has 0 N–H and O–H groups in total. The number of aromatic nitrogens is 1. The normalized spacial score (nSPS) is 17.1. The minimum atomic E-state index is -4.41. The Morgan fingerprint density at radius 1 is 1.23 bits per heavy atom. The molecule has 1 unspecified atom stereocenters. The number of carbonyl (C=O) groups excluding carboxylic acids is 1. The van der Waals surface area contributed by atoms with Gasteiger partial charge in [-0.25, -0.2) is 4.79 Å². The zero-order valence-electron chi connectivity index (χ0n) is 18.0. The molecule has 3 rings (SSSR count). The van der Waals surface area contributed by atoms with Crippen LogP contribution in [0.4, 0.5) is 18.0 Å². The third-order valence-electron chi connectivity index (χ3n) is 5.74. The molecule has 1 aliphatic rings. The third-order valence-corrected chi connectivity index (χ3v) is 5.74. The van der Waals surface area contributed by atoms with Crippen molar-refractivity contribution in [1.82, 2.24) is 9.47 Å². The fraction of sp³-hybridized carbons (Fsp3) is 0.522. The van der Waals surface area contributed by atoms with Gasteiger partial charge in [-0.1, -0.05) is 30.3 Å². The van der Waals surface area contributed by atoms with Crippen molar-refractivity contribution >= 4 is 6.09 Å². The third kappa shape index (κ3) is 5.81. The number of carbonyl (C=O) groups is 1. The van der Waals surface area contributed by atoms with E-state index < -0.39 is 17.8 Å². The molecule has 1 atom stereocenters. The van der Waals surface area contributed by atoms with Crippen molar-refractivity contribution < 1.29 is 27.4 Å². The highest BCUT2D eigenvalue weighted by Gasteiger charge is 2.37. The zero-order chi connectivity index (χ0) is 22.4.